The third kappa shape index (κ3) is 6.92. The van der Waals surface area contributed by atoms with Gasteiger partial charge in [0.05, 0.1) is 19.3 Å². The highest BCUT2D eigenvalue weighted by Gasteiger charge is 2.25. The molecule has 0 heterocycles. The highest BCUT2D eigenvalue weighted by Crippen LogP contribution is 2.26. The second-order valence-corrected chi connectivity index (χ2v) is 6.52. The molecule has 0 fully saturated rings. The fourth-order valence-corrected chi connectivity index (χ4v) is 2.89. The number of carbonyl (C=O) groups is 1. The van der Waals surface area contributed by atoms with Gasteiger partial charge in [-0.2, -0.15) is 5.26 Å². The van der Waals surface area contributed by atoms with Crippen LogP contribution in [-0.2, 0) is 11.2 Å². The molecule has 0 aliphatic rings. The summed E-state index contributed by atoms with van der Waals surface area (Å²) >= 11 is 0. The quantitative estimate of drug-likeness (QED) is 0.440. The van der Waals surface area contributed by atoms with E-state index < -0.39 is 18.2 Å². The molecule has 0 unspecified atom stereocenters. The van der Waals surface area contributed by atoms with Gasteiger partial charge in [-0.15, -0.1) is 13.2 Å². The van der Waals surface area contributed by atoms with Gasteiger partial charge in [0.1, 0.15) is 17.4 Å². The third-order valence-electron chi connectivity index (χ3n) is 4.45. The molecule has 0 bridgehead atoms. The monoisotopic (exact) mass is 371 g/mol. The molecular formula is C22H29NO4. The summed E-state index contributed by atoms with van der Waals surface area (Å²) in [6.45, 7) is 9.32. The van der Waals surface area contributed by atoms with Crippen molar-refractivity contribution in [3.8, 4) is 11.8 Å². The predicted octanol–water partition coefficient (Wildman–Crippen LogP) is 4.22. The van der Waals surface area contributed by atoms with E-state index in [9.17, 15) is 9.90 Å². The van der Waals surface area contributed by atoms with Crippen LogP contribution in [0.3, 0.4) is 0 Å². The molecule has 0 aromatic heterocycles. The van der Waals surface area contributed by atoms with Gasteiger partial charge in [-0.25, -0.2) is 4.79 Å². The van der Waals surface area contributed by atoms with Crippen molar-refractivity contribution < 1.29 is 19.4 Å². The zero-order chi connectivity index (χ0) is 20.2. The molecule has 0 saturated heterocycles. The smallest absolute Gasteiger partial charge is 0.342 e. The lowest BCUT2D eigenvalue weighted by molar-refractivity contribution is 0.00386. The van der Waals surface area contributed by atoms with E-state index in [1.54, 1.807) is 18.2 Å². The predicted molar refractivity (Wildman–Crippen MR) is 106 cm³/mol. The van der Waals surface area contributed by atoms with Crippen LogP contribution >= 0.6 is 0 Å². The molecule has 1 N–H and O–H groups in total. The molecule has 1 rings (SSSR count). The van der Waals surface area contributed by atoms with Crippen molar-refractivity contribution in [1.82, 2.24) is 0 Å². The topological polar surface area (TPSA) is 79.5 Å². The van der Waals surface area contributed by atoms with E-state index in [4.69, 9.17) is 14.7 Å². The summed E-state index contributed by atoms with van der Waals surface area (Å²) < 4.78 is 11.0. The molecule has 0 aliphatic carbocycles. The second-order valence-electron chi connectivity index (χ2n) is 6.52. The van der Waals surface area contributed by atoms with Crippen LogP contribution in [0, 0.1) is 17.2 Å². The lowest BCUT2D eigenvalue weighted by Gasteiger charge is -2.24. The lowest BCUT2D eigenvalue weighted by atomic mass is 9.94. The highest BCUT2D eigenvalue weighted by molar-refractivity contribution is 5.94. The van der Waals surface area contributed by atoms with Crippen LogP contribution < -0.4 is 4.74 Å². The number of aliphatic hydroxyl groups is 1. The first-order valence-electron chi connectivity index (χ1n) is 9.12. The summed E-state index contributed by atoms with van der Waals surface area (Å²) in [6, 6.07) is 7.40. The van der Waals surface area contributed by atoms with Gasteiger partial charge in [0, 0.05) is 12.8 Å². The number of ether oxygens (including phenoxy) is 2. The van der Waals surface area contributed by atoms with Crippen molar-refractivity contribution in [1.29, 1.82) is 5.26 Å². The van der Waals surface area contributed by atoms with Crippen LogP contribution in [0.15, 0.2) is 43.5 Å². The molecule has 3 atom stereocenters. The zero-order valence-electron chi connectivity index (χ0n) is 16.2. The van der Waals surface area contributed by atoms with Crippen LogP contribution in [-0.4, -0.2) is 30.4 Å². The number of nitrogens with zero attached hydrogens (tertiary/aromatic N) is 1. The molecular weight excluding hydrogens is 342 g/mol. The number of nitriles is 1. The Bertz CT molecular complexity index is 677. The minimum absolute atomic E-state index is 0.00613. The largest absolute Gasteiger partial charge is 0.496 e. The number of methoxy groups -OCH3 is 1. The van der Waals surface area contributed by atoms with E-state index in [0.717, 1.165) is 5.56 Å². The molecule has 0 aliphatic heterocycles. The van der Waals surface area contributed by atoms with Crippen LogP contribution in [0.25, 0.3) is 0 Å². The Balaban J connectivity index is 3.01. The van der Waals surface area contributed by atoms with Crippen molar-refractivity contribution in [2.45, 2.75) is 51.2 Å². The second kappa shape index (κ2) is 11.9. The fraction of sp³-hybridized carbons (Fsp3) is 0.455. The molecule has 27 heavy (non-hydrogen) atoms. The first kappa shape index (κ1) is 22.5. The maximum Gasteiger partial charge on any atom is 0.342 e. The Hall–Kier alpha value is -2.58. The number of hydrogen-bond donors (Lipinski definition) is 1. The Morgan fingerprint density at radius 2 is 2.11 bits per heavy atom. The van der Waals surface area contributed by atoms with Crippen molar-refractivity contribution in [3.05, 3.63) is 54.6 Å². The van der Waals surface area contributed by atoms with Gasteiger partial charge in [0.25, 0.3) is 0 Å². The molecule has 5 heteroatoms. The van der Waals surface area contributed by atoms with Crippen LogP contribution in [0.1, 0.15) is 48.5 Å². The van der Waals surface area contributed by atoms with Crippen LogP contribution in [0.5, 0.6) is 5.75 Å². The van der Waals surface area contributed by atoms with Gasteiger partial charge >= 0.3 is 5.97 Å². The number of aliphatic hydroxyl groups excluding tert-OH is 1. The molecule has 5 nitrogen and oxygen atoms in total. The van der Waals surface area contributed by atoms with E-state index in [0.29, 0.717) is 30.6 Å². The van der Waals surface area contributed by atoms with Gasteiger partial charge in [-0.1, -0.05) is 31.2 Å². The number of rotatable bonds is 12. The Morgan fingerprint density at radius 3 is 2.70 bits per heavy atom. The van der Waals surface area contributed by atoms with E-state index in [2.05, 4.69) is 19.2 Å². The summed E-state index contributed by atoms with van der Waals surface area (Å²) in [5, 5.41) is 19.3. The fourth-order valence-electron chi connectivity index (χ4n) is 2.89. The highest BCUT2D eigenvalue weighted by atomic mass is 16.5. The summed E-state index contributed by atoms with van der Waals surface area (Å²) in [7, 11) is 1.50. The van der Waals surface area contributed by atoms with Crippen molar-refractivity contribution in [3.63, 3.8) is 0 Å². The van der Waals surface area contributed by atoms with E-state index in [1.807, 2.05) is 19.1 Å². The maximum atomic E-state index is 12.9. The Morgan fingerprint density at radius 1 is 1.37 bits per heavy atom. The van der Waals surface area contributed by atoms with Crippen molar-refractivity contribution in [2.24, 2.45) is 5.92 Å². The van der Waals surface area contributed by atoms with Gasteiger partial charge < -0.3 is 14.6 Å². The lowest BCUT2D eigenvalue weighted by Crippen LogP contribution is -2.28. The summed E-state index contributed by atoms with van der Waals surface area (Å²) in [6.07, 6.45) is 4.30. The minimum Gasteiger partial charge on any atom is -0.496 e. The van der Waals surface area contributed by atoms with Crippen molar-refractivity contribution in [2.75, 3.05) is 7.11 Å². The van der Waals surface area contributed by atoms with Gasteiger partial charge in [-0.3, -0.25) is 0 Å². The number of benzene rings is 1. The molecule has 0 saturated carbocycles. The van der Waals surface area contributed by atoms with E-state index >= 15 is 0 Å². The van der Waals surface area contributed by atoms with E-state index in [-0.39, 0.29) is 18.8 Å². The molecule has 1 aromatic carbocycles. The molecule has 0 amide bonds. The first-order chi connectivity index (χ1) is 13.0. The normalized spacial score (nSPS) is 13.7. The Labute approximate surface area is 161 Å². The number of hydrogen-bond acceptors (Lipinski definition) is 5. The average Bonchev–Trinajstić information content (AvgIpc) is 2.66. The molecule has 0 radical (unpaired) electrons. The molecule has 1 aromatic rings. The van der Waals surface area contributed by atoms with Gasteiger partial charge in [0.15, 0.2) is 0 Å². The van der Waals surface area contributed by atoms with Gasteiger partial charge in [0.2, 0.25) is 0 Å². The summed E-state index contributed by atoms with van der Waals surface area (Å²) in [5.74, 6) is -0.0943. The SMILES string of the molecule is C=CCc1cccc(OC)c1C(=O)O[C@@H](CCC#N)C[C@@H](O)[C@@H](C)CC=C. The standard InChI is InChI=1S/C22H29NO4/c1-5-9-16(3)19(24)15-18(12-8-14-23)27-22(25)21-17(10-6-2)11-7-13-20(21)26-4/h5-7,11,13,16,18-19,24H,1-2,8-10,12,15H2,3-4H3/t16-,18-,19+/m0/s1. The maximum absolute atomic E-state index is 12.9. The van der Waals surface area contributed by atoms with E-state index in [1.165, 1.54) is 7.11 Å². The average molecular weight is 371 g/mol. The number of carbonyl (C=O) groups excluding carboxylic acids is 1. The number of esters is 1. The Kier molecular flexibility index (Phi) is 9.92. The summed E-state index contributed by atoms with van der Waals surface area (Å²) in [5.41, 5.74) is 1.12. The molecule has 0 spiro atoms. The zero-order valence-corrected chi connectivity index (χ0v) is 16.2. The third-order valence-corrected chi connectivity index (χ3v) is 4.45. The minimum atomic E-state index is -0.648. The van der Waals surface area contributed by atoms with Gasteiger partial charge in [-0.05, 0) is 36.8 Å². The molecule has 146 valence electrons. The van der Waals surface area contributed by atoms with Crippen LogP contribution in [0.4, 0.5) is 0 Å². The van der Waals surface area contributed by atoms with Crippen LogP contribution in [0.2, 0.25) is 0 Å². The summed E-state index contributed by atoms with van der Waals surface area (Å²) in [4.78, 5) is 12.9. The number of allylic oxidation sites excluding steroid dienone is 2. The first-order valence-corrected chi connectivity index (χ1v) is 9.12. The van der Waals surface area contributed by atoms with Crippen molar-refractivity contribution >= 4 is 5.97 Å².